The standard InChI is InChI=1S/C11H25NO2/c1-9(10(2)14-5)12-8-11(3,4)6-7-13/h9-10,12-13H,6-8H2,1-5H3. The third kappa shape index (κ3) is 5.58. The van der Waals surface area contributed by atoms with Gasteiger partial charge < -0.3 is 15.2 Å². The molecule has 0 aromatic rings. The number of ether oxygens (including phenoxy) is 1. The van der Waals surface area contributed by atoms with Crippen LogP contribution in [0.25, 0.3) is 0 Å². The molecule has 3 nitrogen and oxygen atoms in total. The lowest BCUT2D eigenvalue weighted by molar-refractivity contribution is 0.0830. The fraction of sp³-hybridized carbons (Fsp3) is 1.00. The van der Waals surface area contributed by atoms with Crippen LogP contribution < -0.4 is 5.32 Å². The minimum Gasteiger partial charge on any atom is -0.396 e. The largest absolute Gasteiger partial charge is 0.396 e. The van der Waals surface area contributed by atoms with Crippen LogP contribution in [-0.2, 0) is 4.74 Å². The first-order valence-corrected chi connectivity index (χ1v) is 5.30. The lowest BCUT2D eigenvalue weighted by atomic mass is 9.89. The number of hydrogen-bond donors (Lipinski definition) is 2. The highest BCUT2D eigenvalue weighted by atomic mass is 16.5. The molecule has 0 radical (unpaired) electrons. The maximum absolute atomic E-state index is 8.87. The van der Waals surface area contributed by atoms with Crippen molar-refractivity contribution in [2.24, 2.45) is 5.41 Å². The SMILES string of the molecule is COC(C)C(C)NCC(C)(C)CCO. The molecule has 2 unspecified atom stereocenters. The van der Waals surface area contributed by atoms with Crippen LogP contribution in [0.2, 0.25) is 0 Å². The van der Waals surface area contributed by atoms with Gasteiger partial charge in [-0.3, -0.25) is 0 Å². The van der Waals surface area contributed by atoms with Gasteiger partial charge in [0.15, 0.2) is 0 Å². The van der Waals surface area contributed by atoms with E-state index in [-0.39, 0.29) is 18.1 Å². The highest BCUT2D eigenvalue weighted by Crippen LogP contribution is 2.18. The van der Waals surface area contributed by atoms with E-state index < -0.39 is 0 Å². The Kier molecular flexibility index (Phi) is 6.33. The van der Waals surface area contributed by atoms with Crippen LogP contribution in [0.1, 0.15) is 34.1 Å². The average Bonchev–Trinajstić information content (AvgIpc) is 2.13. The summed E-state index contributed by atoms with van der Waals surface area (Å²) in [5, 5.41) is 12.3. The second kappa shape index (κ2) is 6.38. The fourth-order valence-electron chi connectivity index (χ4n) is 1.20. The Hall–Kier alpha value is -0.120. The van der Waals surface area contributed by atoms with E-state index in [4.69, 9.17) is 9.84 Å². The van der Waals surface area contributed by atoms with Gasteiger partial charge in [-0.1, -0.05) is 13.8 Å². The van der Waals surface area contributed by atoms with Gasteiger partial charge in [0.25, 0.3) is 0 Å². The predicted molar refractivity (Wildman–Crippen MR) is 59.4 cm³/mol. The van der Waals surface area contributed by atoms with Crippen LogP contribution >= 0.6 is 0 Å². The zero-order valence-electron chi connectivity index (χ0n) is 10.1. The van der Waals surface area contributed by atoms with Crippen LogP contribution in [0.4, 0.5) is 0 Å². The molecule has 0 aliphatic heterocycles. The lowest BCUT2D eigenvalue weighted by Crippen LogP contribution is -2.42. The summed E-state index contributed by atoms with van der Waals surface area (Å²) < 4.78 is 5.23. The highest BCUT2D eigenvalue weighted by Gasteiger charge is 2.19. The Labute approximate surface area is 87.8 Å². The molecule has 0 aromatic heterocycles. The Morgan fingerprint density at radius 3 is 2.36 bits per heavy atom. The van der Waals surface area contributed by atoms with Gasteiger partial charge in [-0.05, 0) is 25.7 Å². The van der Waals surface area contributed by atoms with E-state index in [2.05, 4.69) is 33.0 Å². The minimum absolute atomic E-state index is 0.149. The lowest BCUT2D eigenvalue weighted by Gasteiger charge is -2.28. The number of rotatable bonds is 7. The van der Waals surface area contributed by atoms with E-state index in [9.17, 15) is 0 Å². The highest BCUT2D eigenvalue weighted by molar-refractivity contribution is 4.75. The molecule has 2 N–H and O–H groups in total. The topological polar surface area (TPSA) is 41.5 Å². The molecular weight excluding hydrogens is 178 g/mol. The molecule has 0 saturated carbocycles. The van der Waals surface area contributed by atoms with Crippen LogP contribution in [-0.4, -0.2) is 37.5 Å². The summed E-state index contributed by atoms with van der Waals surface area (Å²) in [5.41, 5.74) is 0.149. The molecule has 0 heterocycles. The molecule has 0 saturated heterocycles. The smallest absolute Gasteiger partial charge is 0.0693 e. The van der Waals surface area contributed by atoms with Crippen molar-refractivity contribution in [3.63, 3.8) is 0 Å². The van der Waals surface area contributed by atoms with Crippen LogP contribution in [0.3, 0.4) is 0 Å². The van der Waals surface area contributed by atoms with Gasteiger partial charge in [-0.25, -0.2) is 0 Å². The molecule has 0 aliphatic carbocycles. The zero-order chi connectivity index (χ0) is 11.2. The molecule has 86 valence electrons. The summed E-state index contributed by atoms with van der Waals surface area (Å²) in [5.74, 6) is 0. The van der Waals surface area contributed by atoms with Gasteiger partial charge in [-0.15, -0.1) is 0 Å². The summed E-state index contributed by atoms with van der Waals surface area (Å²) in [7, 11) is 1.72. The zero-order valence-corrected chi connectivity index (χ0v) is 10.1. The van der Waals surface area contributed by atoms with E-state index >= 15 is 0 Å². The third-order valence-electron chi connectivity index (χ3n) is 2.77. The maximum Gasteiger partial charge on any atom is 0.0693 e. The van der Waals surface area contributed by atoms with E-state index in [0.717, 1.165) is 13.0 Å². The molecule has 0 spiro atoms. The first kappa shape index (κ1) is 13.9. The number of hydrogen-bond acceptors (Lipinski definition) is 3. The molecule has 0 bridgehead atoms. The molecule has 3 heteroatoms. The maximum atomic E-state index is 8.87. The van der Waals surface area contributed by atoms with Crippen LogP contribution in [0.5, 0.6) is 0 Å². The Morgan fingerprint density at radius 1 is 1.36 bits per heavy atom. The third-order valence-corrected chi connectivity index (χ3v) is 2.77. The first-order chi connectivity index (χ1) is 6.43. The van der Waals surface area contributed by atoms with Crippen LogP contribution in [0.15, 0.2) is 0 Å². The van der Waals surface area contributed by atoms with E-state index in [1.54, 1.807) is 7.11 Å². The molecule has 0 fully saturated rings. The number of nitrogens with one attached hydrogen (secondary N) is 1. The molecule has 0 amide bonds. The predicted octanol–water partition coefficient (Wildman–Crippen LogP) is 1.41. The molecule has 14 heavy (non-hydrogen) atoms. The quantitative estimate of drug-likeness (QED) is 0.657. The van der Waals surface area contributed by atoms with E-state index in [1.165, 1.54) is 0 Å². The summed E-state index contributed by atoms with van der Waals surface area (Å²) >= 11 is 0. The summed E-state index contributed by atoms with van der Waals surface area (Å²) in [6, 6.07) is 0.345. The first-order valence-electron chi connectivity index (χ1n) is 5.30. The van der Waals surface area contributed by atoms with Crippen molar-refractivity contribution in [3.8, 4) is 0 Å². The normalized spacial score (nSPS) is 16.7. The van der Waals surface area contributed by atoms with E-state index in [0.29, 0.717) is 6.04 Å². The van der Waals surface area contributed by atoms with Crippen molar-refractivity contribution in [1.29, 1.82) is 0 Å². The molecular formula is C11H25NO2. The van der Waals surface area contributed by atoms with Crippen molar-refractivity contribution >= 4 is 0 Å². The minimum atomic E-state index is 0.149. The number of methoxy groups -OCH3 is 1. The van der Waals surface area contributed by atoms with Gasteiger partial charge in [0.2, 0.25) is 0 Å². The average molecular weight is 203 g/mol. The molecule has 0 rings (SSSR count). The van der Waals surface area contributed by atoms with Gasteiger partial charge >= 0.3 is 0 Å². The summed E-state index contributed by atoms with van der Waals surface area (Å²) in [6.07, 6.45) is 1.05. The van der Waals surface area contributed by atoms with E-state index in [1.807, 2.05) is 0 Å². The van der Waals surface area contributed by atoms with Gasteiger partial charge in [0, 0.05) is 26.3 Å². The number of aliphatic hydroxyl groups excluding tert-OH is 1. The monoisotopic (exact) mass is 203 g/mol. The van der Waals surface area contributed by atoms with Crippen molar-refractivity contribution in [3.05, 3.63) is 0 Å². The fourth-order valence-corrected chi connectivity index (χ4v) is 1.20. The molecule has 0 aliphatic rings. The second-order valence-electron chi connectivity index (χ2n) is 4.75. The van der Waals surface area contributed by atoms with Crippen molar-refractivity contribution in [2.75, 3.05) is 20.3 Å². The Balaban J connectivity index is 3.80. The van der Waals surface area contributed by atoms with Crippen molar-refractivity contribution in [2.45, 2.75) is 46.3 Å². The molecule has 0 aromatic carbocycles. The number of aliphatic hydroxyl groups is 1. The van der Waals surface area contributed by atoms with Gasteiger partial charge in [0.05, 0.1) is 6.10 Å². The Morgan fingerprint density at radius 2 is 1.93 bits per heavy atom. The summed E-state index contributed by atoms with van der Waals surface area (Å²) in [4.78, 5) is 0. The van der Waals surface area contributed by atoms with Crippen LogP contribution in [0, 0.1) is 5.41 Å². The molecule has 2 atom stereocenters. The van der Waals surface area contributed by atoms with Crippen molar-refractivity contribution < 1.29 is 9.84 Å². The van der Waals surface area contributed by atoms with Gasteiger partial charge in [0.1, 0.15) is 0 Å². The van der Waals surface area contributed by atoms with Crippen molar-refractivity contribution in [1.82, 2.24) is 5.32 Å². The second-order valence-corrected chi connectivity index (χ2v) is 4.75. The Bertz CT molecular complexity index is 148. The van der Waals surface area contributed by atoms with Gasteiger partial charge in [-0.2, -0.15) is 0 Å². The summed E-state index contributed by atoms with van der Waals surface area (Å²) in [6.45, 7) is 9.63.